The Morgan fingerprint density at radius 2 is 1.38 bits per heavy atom. The van der Waals surface area contributed by atoms with E-state index in [0.29, 0.717) is 49.6 Å². The lowest BCUT2D eigenvalue weighted by molar-refractivity contribution is -0.138. The zero-order chi connectivity index (χ0) is 25.9. The minimum Gasteiger partial charge on any atom is -0.497 e. The molecule has 3 aromatic carbocycles. The number of halogens is 2. The van der Waals surface area contributed by atoms with Gasteiger partial charge in [-0.25, -0.2) is 8.78 Å². The predicted octanol–water partition coefficient (Wildman–Crippen LogP) is 4.81. The van der Waals surface area contributed by atoms with E-state index < -0.39 is 12.0 Å². The molecule has 0 aliphatic carbocycles. The van der Waals surface area contributed by atoms with Crippen molar-refractivity contribution in [3.63, 3.8) is 0 Å². The number of amides is 2. The van der Waals surface area contributed by atoms with E-state index in [9.17, 15) is 18.4 Å². The third-order valence-corrected chi connectivity index (χ3v) is 7.26. The fourth-order valence-corrected chi connectivity index (χ4v) is 5.31. The summed E-state index contributed by atoms with van der Waals surface area (Å²) in [6.45, 7) is 2.32. The zero-order valence-electron chi connectivity index (χ0n) is 20.6. The van der Waals surface area contributed by atoms with Gasteiger partial charge in [-0.15, -0.1) is 0 Å². The van der Waals surface area contributed by atoms with E-state index in [0.717, 1.165) is 5.69 Å². The van der Waals surface area contributed by atoms with Gasteiger partial charge in [-0.3, -0.25) is 9.59 Å². The van der Waals surface area contributed by atoms with Crippen LogP contribution in [0.25, 0.3) is 0 Å². The monoisotopic (exact) mass is 505 g/mol. The molecule has 5 rings (SSSR count). The SMILES string of the molecule is COc1ccc(N2C(=O)CC[C@@H](C(=O)N3CCN(c4ccc(F)cc4)CC3)[C@H]2c2ccc(F)cc2)cc1. The van der Waals surface area contributed by atoms with Crippen molar-refractivity contribution in [2.24, 2.45) is 5.92 Å². The highest BCUT2D eigenvalue weighted by atomic mass is 19.1. The van der Waals surface area contributed by atoms with E-state index in [4.69, 9.17) is 4.74 Å². The molecular weight excluding hydrogens is 476 g/mol. The summed E-state index contributed by atoms with van der Waals surface area (Å²) < 4.78 is 32.4. The molecule has 2 heterocycles. The fraction of sp³-hybridized carbons (Fsp3) is 0.310. The number of hydrogen-bond acceptors (Lipinski definition) is 4. The van der Waals surface area contributed by atoms with Crippen LogP contribution in [0.3, 0.4) is 0 Å². The highest BCUT2D eigenvalue weighted by Gasteiger charge is 2.43. The van der Waals surface area contributed by atoms with Crippen molar-refractivity contribution in [2.45, 2.75) is 18.9 Å². The maximum atomic E-state index is 13.9. The van der Waals surface area contributed by atoms with Gasteiger partial charge in [0.15, 0.2) is 0 Å². The van der Waals surface area contributed by atoms with Crippen LogP contribution in [0.2, 0.25) is 0 Å². The molecule has 6 nitrogen and oxygen atoms in total. The standard InChI is InChI=1S/C29H29F2N3O3/c1-37-25-12-10-24(11-13-25)34-27(35)15-14-26(28(34)20-2-4-21(30)5-3-20)29(36)33-18-16-32(17-19-33)23-8-6-22(31)7-9-23/h2-13,26,28H,14-19H2,1H3/t26-,28-/m1/s1. The molecule has 2 aliphatic rings. The number of rotatable bonds is 5. The van der Waals surface area contributed by atoms with E-state index in [-0.39, 0.29) is 29.9 Å². The van der Waals surface area contributed by atoms with Gasteiger partial charge in [-0.1, -0.05) is 12.1 Å². The molecule has 0 N–H and O–H groups in total. The van der Waals surface area contributed by atoms with Gasteiger partial charge in [0, 0.05) is 44.0 Å². The highest BCUT2D eigenvalue weighted by Crippen LogP contribution is 2.41. The van der Waals surface area contributed by atoms with Crippen LogP contribution in [0, 0.1) is 17.6 Å². The number of ether oxygens (including phenoxy) is 1. The molecule has 0 unspecified atom stereocenters. The summed E-state index contributed by atoms with van der Waals surface area (Å²) in [6, 6.07) is 19.0. The lowest BCUT2D eigenvalue weighted by Gasteiger charge is -2.44. The van der Waals surface area contributed by atoms with Crippen molar-refractivity contribution in [3.05, 3.63) is 90.0 Å². The minimum absolute atomic E-state index is 0.0147. The Morgan fingerprint density at radius 1 is 0.811 bits per heavy atom. The molecule has 0 aromatic heterocycles. The number of piperazine rings is 1. The van der Waals surface area contributed by atoms with E-state index in [2.05, 4.69) is 4.90 Å². The van der Waals surface area contributed by atoms with Gasteiger partial charge in [-0.2, -0.15) is 0 Å². The summed E-state index contributed by atoms with van der Waals surface area (Å²) in [7, 11) is 1.58. The summed E-state index contributed by atoms with van der Waals surface area (Å²) in [4.78, 5) is 32.8. The fourth-order valence-electron chi connectivity index (χ4n) is 5.31. The number of nitrogens with zero attached hydrogens (tertiary/aromatic N) is 3. The molecule has 0 radical (unpaired) electrons. The number of carbonyl (C=O) groups excluding carboxylic acids is 2. The van der Waals surface area contributed by atoms with E-state index in [1.165, 1.54) is 24.3 Å². The molecule has 0 spiro atoms. The largest absolute Gasteiger partial charge is 0.497 e. The van der Waals surface area contributed by atoms with Crippen LogP contribution >= 0.6 is 0 Å². The summed E-state index contributed by atoms with van der Waals surface area (Å²) in [6.07, 6.45) is 0.667. The summed E-state index contributed by atoms with van der Waals surface area (Å²) in [5, 5.41) is 0. The second kappa shape index (κ2) is 10.6. The first-order chi connectivity index (χ1) is 17.9. The highest BCUT2D eigenvalue weighted by molar-refractivity contribution is 5.97. The third-order valence-electron chi connectivity index (χ3n) is 7.26. The number of anilines is 2. The Labute approximate surface area is 215 Å². The number of hydrogen-bond donors (Lipinski definition) is 0. The van der Waals surface area contributed by atoms with Crippen LogP contribution in [0.5, 0.6) is 5.75 Å². The third kappa shape index (κ3) is 5.14. The number of piperidine rings is 1. The second-order valence-corrected chi connectivity index (χ2v) is 9.39. The van der Waals surface area contributed by atoms with Crippen LogP contribution in [0.1, 0.15) is 24.4 Å². The quantitative estimate of drug-likeness (QED) is 0.500. The zero-order valence-corrected chi connectivity index (χ0v) is 20.6. The number of benzene rings is 3. The smallest absolute Gasteiger partial charge is 0.228 e. The first-order valence-electron chi connectivity index (χ1n) is 12.5. The van der Waals surface area contributed by atoms with Crippen molar-refractivity contribution < 1.29 is 23.1 Å². The van der Waals surface area contributed by atoms with Crippen LogP contribution in [-0.2, 0) is 9.59 Å². The van der Waals surface area contributed by atoms with Crippen molar-refractivity contribution >= 4 is 23.2 Å². The summed E-state index contributed by atoms with van der Waals surface area (Å²) in [5.41, 5.74) is 2.30. The molecule has 2 fully saturated rings. The van der Waals surface area contributed by atoms with Gasteiger partial charge in [-0.05, 0) is 72.6 Å². The molecule has 2 aliphatic heterocycles. The first kappa shape index (κ1) is 24.7. The summed E-state index contributed by atoms with van der Waals surface area (Å²) >= 11 is 0. The Hall–Kier alpha value is -3.94. The first-order valence-corrected chi connectivity index (χ1v) is 12.5. The van der Waals surface area contributed by atoms with Crippen LogP contribution in [0.4, 0.5) is 20.2 Å². The molecule has 2 amide bonds. The molecule has 37 heavy (non-hydrogen) atoms. The Balaban J connectivity index is 1.41. The van der Waals surface area contributed by atoms with Gasteiger partial charge >= 0.3 is 0 Å². The average Bonchev–Trinajstić information content (AvgIpc) is 2.93. The van der Waals surface area contributed by atoms with Gasteiger partial charge < -0.3 is 19.4 Å². The molecule has 8 heteroatoms. The van der Waals surface area contributed by atoms with Crippen molar-refractivity contribution in [2.75, 3.05) is 43.1 Å². The van der Waals surface area contributed by atoms with Crippen molar-refractivity contribution in [1.82, 2.24) is 4.90 Å². The predicted molar refractivity (Wildman–Crippen MR) is 138 cm³/mol. The average molecular weight is 506 g/mol. The molecule has 2 atom stereocenters. The van der Waals surface area contributed by atoms with Crippen molar-refractivity contribution in [1.29, 1.82) is 0 Å². The molecule has 192 valence electrons. The van der Waals surface area contributed by atoms with E-state index >= 15 is 0 Å². The van der Waals surface area contributed by atoms with Crippen LogP contribution in [0.15, 0.2) is 72.8 Å². The normalized spacial score (nSPS) is 20.2. The lowest BCUT2D eigenvalue weighted by Crippen LogP contribution is -2.54. The minimum atomic E-state index is -0.558. The Morgan fingerprint density at radius 3 is 1.97 bits per heavy atom. The van der Waals surface area contributed by atoms with Gasteiger partial charge in [0.1, 0.15) is 17.4 Å². The molecule has 2 saturated heterocycles. The van der Waals surface area contributed by atoms with Gasteiger partial charge in [0.25, 0.3) is 0 Å². The second-order valence-electron chi connectivity index (χ2n) is 9.39. The maximum absolute atomic E-state index is 13.9. The van der Waals surface area contributed by atoms with Gasteiger partial charge in [0.05, 0.1) is 19.1 Å². The molecular formula is C29H29F2N3O3. The Bertz CT molecular complexity index is 1240. The lowest BCUT2D eigenvalue weighted by atomic mass is 9.82. The summed E-state index contributed by atoms with van der Waals surface area (Å²) in [5.74, 6) is -0.552. The molecule has 0 bridgehead atoms. The van der Waals surface area contributed by atoms with Gasteiger partial charge in [0.2, 0.25) is 11.8 Å². The Kier molecular flexibility index (Phi) is 7.08. The number of methoxy groups -OCH3 is 1. The van der Waals surface area contributed by atoms with Crippen LogP contribution in [-0.4, -0.2) is 50.0 Å². The maximum Gasteiger partial charge on any atom is 0.228 e. The van der Waals surface area contributed by atoms with Crippen molar-refractivity contribution in [3.8, 4) is 5.75 Å². The van der Waals surface area contributed by atoms with E-state index in [1.54, 1.807) is 48.4 Å². The topological polar surface area (TPSA) is 53.1 Å². The molecule has 3 aromatic rings. The van der Waals surface area contributed by atoms with Crippen LogP contribution < -0.4 is 14.5 Å². The molecule has 0 saturated carbocycles. The van der Waals surface area contributed by atoms with E-state index in [1.807, 2.05) is 17.0 Å². The number of carbonyl (C=O) groups is 2.